The number of amides is 1. The number of cyclic esters (lactones) is 1. The van der Waals surface area contributed by atoms with E-state index in [0.29, 0.717) is 19.0 Å². The van der Waals surface area contributed by atoms with Gasteiger partial charge in [-0.25, -0.2) is 4.98 Å². The van der Waals surface area contributed by atoms with E-state index in [9.17, 15) is 9.59 Å². The van der Waals surface area contributed by atoms with Gasteiger partial charge in [-0.1, -0.05) is 0 Å². The molecule has 0 saturated carbocycles. The van der Waals surface area contributed by atoms with Crippen LogP contribution in [-0.2, 0) is 20.9 Å². The summed E-state index contributed by atoms with van der Waals surface area (Å²) in [4.78, 5) is 32.0. The number of oxazole rings is 1. The number of rotatable bonds is 4. The average molecular weight is 321 g/mol. The van der Waals surface area contributed by atoms with Crippen molar-refractivity contribution in [2.75, 3.05) is 13.1 Å². The van der Waals surface area contributed by atoms with Gasteiger partial charge in [-0.15, -0.1) is 0 Å². The molecule has 0 unspecified atom stereocenters. The molecule has 0 aromatic carbocycles. The monoisotopic (exact) mass is 321 g/mol. The molecule has 2 aliphatic heterocycles. The van der Waals surface area contributed by atoms with E-state index in [0.717, 1.165) is 25.1 Å². The van der Waals surface area contributed by atoms with Crippen molar-refractivity contribution in [2.24, 2.45) is 0 Å². The summed E-state index contributed by atoms with van der Waals surface area (Å²) in [6.07, 6.45) is 3.21. The fourth-order valence-corrected chi connectivity index (χ4v) is 3.46. The van der Waals surface area contributed by atoms with Gasteiger partial charge in [0, 0.05) is 32.5 Å². The summed E-state index contributed by atoms with van der Waals surface area (Å²) in [5.74, 6) is 1.13. The largest absolute Gasteiger partial charge is 0.461 e. The molecule has 3 atom stereocenters. The van der Waals surface area contributed by atoms with Gasteiger partial charge in [0.1, 0.15) is 17.9 Å². The zero-order valence-electron chi connectivity index (χ0n) is 13.8. The molecule has 3 heterocycles. The van der Waals surface area contributed by atoms with Crippen LogP contribution in [0, 0.1) is 6.92 Å². The maximum atomic E-state index is 12.0. The normalized spacial score (nSPS) is 28.1. The van der Waals surface area contributed by atoms with Crippen molar-refractivity contribution in [1.29, 1.82) is 0 Å². The molecule has 23 heavy (non-hydrogen) atoms. The van der Waals surface area contributed by atoms with Gasteiger partial charge in [0.25, 0.3) is 0 Å². The Hall–Kier alpha value is -1.89. The maximum absolute atomic E-state index is 12.0. The Labute approximate surface area is 135 Å². The van der Waals surface area contributed by atoms with E-state index in [-0.39, 0.29) is 30.1 Å². The summed E-state index contributed by atoms with van der Waals surface area (Å²) in [7, 11) is 0. The van der Waals surface area contributed by atoms with E-state index in [2.05, 4.69) is 9.88 Å². The highest BCUT2D eigenvalue weighted by Crippen LogP contribution is 2.26. The Bertz CT molecular complexity index is 600. The number of likely N-dealkylation sites (tertiary alicyclic amines) is 1. The third-order valence-corrected chi connectivity index (χ3v) is 4.60. The van der Waals surface area contributed by atoms with Crippen molar-refractivity contribution < 1.29 is 18.7 Å². The van der Waals surface area contributed by atoms with Crippen LogP contribution in [0.5, 0.6) is 0 Å². The fraction of sp³-hybridized carbons (Fsp3) is 0.688. The van der Waals surface area contributed by atoms with Crippen molar-refractivity contribution >= 4 is 11.9 Å². The van der Waals surface area contributed by atoms with Gasteiger partial charge >= 0.3 is 5.97 Å². The third kappa shape index (κ3) is 3.39. The summed E-state index contributed by atoms with van der Waals surface area (Å²) in [6.45, 7) is 7.16. The lowest BCUT2D eigenvalue weighted by Gasteiger charge is -2.27. The zero-order valence-corrected chi connectivity index (χ0v) is 13.8. The molecule has 2 aliphatic rings. The summed E-state index contributed by atoms with van der Waals surface area (Å²) < 4.78 is 10.7. The third-order valence-electron chi connectivity index (χ3n) is 4.60. The lowest BCUT2D eigenvalue weighted by Crippen LogP contribution is -2.43. The van der Waals surface area contributed by atoms with E-state index in [1.54, 1.807) is 18.0 Å². The lowest BCUT2D eigenvalue weighted by molar-refractivity contribution is -0.144. The Morgan fingerprint density at radius 3 is 2.87 bits per heavy atom. The number of carbonyl (C=O) groups is 2. The number of aryl methyl sites for hydroxylation is 1. The van der Waals surface area contributed by atoms with Crippen molar-refractivity contribution in [3.8, 4) is 0 Å². The average Bonchev–Trinajstić information content (AvgIpc) is 3.16. The highest BCUT2D eigenvalue weighted by Gasteiger charge is 2.41. The number of ether oxygens (including phenoxy) is 1. The van der Waals surface area contributed by atoms with Gasteiger partial charge in [-0.2, -0.15) is 0 Å². The van der Waals surface area contributed by atoms with E-state index < -0.39 is 0 Å². The lowest BCUT2D eigenvalue weighted by atomic mass is 10.1. The van der Waals surface area contributed by atoms with Crippen LogP contribution >= 0.6 is 0 Å². The molecule has 1 aromatic rings. The van der Waals surface area contributed by atoms with Crippen LogP contribution in [-0.4, -0.2) is 57.9 Å². The maximum Gasteiger partial charge on any atom is 0.323 e. The van der Waals surface area contributed by atoms with Crippen molar-refractivity contribution in [3.05, 3.63) is 17.8 Å². The molecule has 2 fully saturated rings. The first-order valence-electron chi connectivity index (χ1n) is 8.07. The van der Waals surface area contributed by atoms with E-state index in [1.807, 2.05) is 13.8 Å². The highest BCUT2D eigenvalue weighted by molar-refractivity contribution is 5.78. The van der Waals surface area contributed by atoms with E-state index in [4.69, 9.17) is 9.15 Å². The summed E-state index contributed by atoms with van der Waals surface area (Å²) >= 11 is 0. The number of nitrogens with zero attached hydrogens (tertiary/aromatic N) is 3. The van der Waals surface area contributed by atoms with Crippen LogP contribution in [0.4, 0.5) is 0 Å². The number of carbonyl (C=O) groups excluding carboxylic acids is 2. The minimum Gasteiger partial charge on any atom is -0.461 e. The fourth-order valence-electron chi connectivity index (χ4n) is 3.46. The Balaban J connectivity index is 1.65. The van der Waals surface area contributed by atoms with Gasteiger partial charge in [-0.3, -0.25) is 14.5 Å². The molecule has 3 rings (SSSR count). The van der Waals surface area contributed by atoms with Gasteiger partial charge in [0.2, 0.25) is 11.8 Å². The predicted octanol–water partition coefficient (Wildman–Crippen LogP) is 1.11. The quantitative estimate of drug-likeness (QED) is 0.773. The number of hydrogen-bond acceptors (Lipinski definition) is 6. The van der Waals surface area contributed by atoms with Gasteiger partial charge in [0.15, 0.2) is 0 Å². The Morgan fingerprint density at radius 1 is 1.52 bits per heavy atom. The van der Waals surface area contributed by atoms with Crippen LogP contribution in [0.2, 0.25) is 0 Å². The van der Waals surface area contributed by atoms with Gasteiger partial charge in [-0.05, 0) is 20.3 Å². The molecule has 1 aromatic heterocycles. The first-order valence-corrected chi connectivity index (χ1v) is 8.07. The number of esters is 1. The summed E-state index contributed by atoms with van der Waals surface area (Å²) in [6, 6.07) is -0.101. The summed E-state index contributed by atoms with van der Waals surface area (Å²) in [5, 5.41) is 0. The topological polar surface area (TPSA) is 75.9 Å². The van der Waals surface area contributed by atoms with Crippen LogP contribution < -0.4 is 0 Å². The van der Waals surface area contributed by atoms with Crippen LogP contribution in [0.25, 0.3) is 0 Å². The number of aromatic nitrogens is 1. The molecule has 1 amide bonds. The first kappa shape index (κ1) is 16.0. The van der Waals surface area contributed by atoms with Crippen LogP contribution in [0.15, 0.2) is 10.6 Å². The molecule has 0 spiro atoms. The second-order valence-electron chi connectivity index (χ2n) is 6.45. The molecule has 0 radical (unpaired) electrons. The predicted molar refractivity (Wildman–Crippen MR) is 81.4 cm³/mol. The standard InChI is InChI=1S/C16H23N3O4/c1-10-6-14(16(21)23-10)18-5-4-13(8-18)19(12(3)20)9-15-17-7-11(2)22-15/h7,10,13-14H,4-6,8-9H2,1-3H3/t10-,13+,14+/m0/s1. The molecule has 0 aliphatic carbocycles. The molecule has 2 saturated heterocycles. The first-order chi connectivity index (χ1) is 10.9. The molecule has 126 valence electrons. The van der Waals surface area contributed by atoms with E-state index >= 15 is 0 Å². The van der Waals surface area contributed by atoms with Crippen molar-refractivity contribution in [2.45, 2.75) is 58.3 Å². The molecule has 7 nitrogen and oxygen atoms in total. The minimum absolute atomic E-state index is 0.00457. The molecule has 7 heteroatoms. The van der Waals surface area contributed by atoms with Crippen molar-refractivity contribution in [3.63, 3.8) is 0 Å². The highest BCUT2D eigenvalue weighted by atomic mass is 16.6. The zero-order chi connectivity index (χ0) is 16.6. The molecular formula is C16H23N3O4. The SMILES string of the molecule is CC(=O)N(Cc1ncc(C)o1)[C@@H]1CCN([C@@H]2C[C@H](C)OC2=O)C1. The second kappa shape index (κ2) is 6.31. The minimum atomic E-state index is -0.173. The smallest absolute Gasteiger partial charge is 0.323 e. The molecule has 0 N–H and O–H groups in total. The van der Waals surface area contributed by atoms with E-state index in [1.165, 1.54) is 0 Å². The molecular weight excluding hydrogens is 298 g/mol. The van der Waals surface area contributed by atoms with Gasteiger partial charge < -0.3 is 14.1 Å². The summed E-state index contributed by atoms with van der Waals surface area (Å²) in [5.41, 5.74) is 0. The van der Waals surface area contributed by atoms with Crippen LogP contribution in [0.3, 0.4) is 0 Å². The molecule has 0 bridgehead atoms. The number of hydrogen-bond donors (Lipinski definition) is 0. The second-order valence-corrected chi connectivity index (χ2v) is 6.45. The Kier molecular flexibility index (Phi) is 4.39. The van der Waals surface area contributed by atoms with Crippen molar-refractivity contribution in [1.82, 2.24) is 14.8 Å². The Morgan fingerprint density at radius 2 is 2.30 bits per heavy atom. The van der Waals surface area contributed by atoms with Crippen LogP contribution in [0.1, 0.15) is 38.3 Å². The van der Waals surface area contributed by atoms with Gasteiger partial charge in [0.05, 0.1) is 12.7 Å².